The lowest BCUT2D eigenvalue weighted by molar-refractivity contribution is -0.0105. The van der Waals surface area contributed by atoms with Crippen LogP contribution in [-0.4, -0.2) is 33.8 Å². The molecular formula is C21H32N4O. The molecule has 4 rings (SSSR count). The van der Waals surface area contributed by atoms with Crippen molar-refractivity contribution in [3.63, 3.8) is 0 Å². The van der Waals surface area contributed by atoms with Crippen molar-refractivity contribution in [1.82, 2.24) is 19.9 Å². The van der Waals surface area contributed by atoms with Crippen molar-refractivity contribution in [2.75, 3.05) is 13.2 Å². The van der Waals surface area contributed by atoms with Crippen molar-refractivity contribution in [3.05, 3.63) is 29.2 Å². The minimum absolute atomic E-state index is 0.0355. The molecule has 0 bridgehead atoms. The number of nitrogens with one attached hydrogen (secondary N) is 1. The highest BCUT2D eigenvalue weighted by molar-refractivity contribution is 5.43. The lowest BCUT2D eigenvalue weighted by Crippen LogP contribution is -2.46. The second-order valence-corrected chi connectivity index (χ2v) is 8.70. The molecule has 1 N–H and O–H groups in total. The molecular weight excluding hydrogens is 324 g/mol. The van der Waals surface area contributed by atoms with Gasteiger partial charge in [0, 0.05) is 30.3 Å². The zero-order valence-corrected chi connectivity index (χ0v) is 16.5. The van der Waals surface area contributed by atoms with Crippen LogP contribution in [0.15, 0.2) is 12.1 Å². The van der Waals surface area contributed by atoms with Crippen molar-refractivity contribution in [1.29, 1.82) is 0 Å². The Morgan fingerprint density at radius 1 is 1.19 bits per heavy atom. The lowest BCUT2D eigenvalue weighted by atomic mass is 9.81. The first-order chi connectivity index (χ1) is 12.5. The summed E-state index contributed by atoms with van der Waals surface area (Å²) in [6, 6.07) is 4.76. The van der Waals surface area contributed by atoms with Crippen molar-refractivity contribution in [2.45, 2.75) is 71.4 Å². The van der Waals surface area contributed by atoms with Crippen LogP contribution >= 0.6 is 0 Å². The molecule has 2 aromatic heterocycles. The fraction of sp³-hybridized carbons (Fsp3) is 0.714. The van der Waals surface area contributed by atoms with Crippen molar-refractivity contribution in [3.8, 4) is 0 Å². The molecule has 3 heterocycles. The van der Waals surface area contributed by atoms with Crippen LogP contribution in [0.3, 0.4) is 0 Å². The highest BCUT2D eigenvalue weighted by atomic mass is 16.5. The van der Waals surface area contributed by atoms with Crippen LogP contribution in [0.2, 0.25) is 0 Å². The van der Waals surface area contributed by atoms with Gasteiger partial charge in [-0.1, -0.05) is 33.6 Å². The zero-order valence-electron chi connectivity index (χ0n) is 16.5. The Bertz CT molecular complexity index is 753. The molecule has 1 saturated heterocycles. The lowest BCUT2D eigenvalue weighted by Gasteiger charge is -2.32. The average molecular weight is 357 g/mol. The van der Waals surface area contributed by atoms with Crippen molar-refractivity contribution in [2.24, 2.45) is 11.8 Å². The number of fused-ring (bicyclic) bond motifs is 1. The number of rotatable bonds is 3. The summed E-state index contributed by atoms with van der Waals surface area (Å²) >= 11 is 0. The molecule has 5 nitrogen and oxygen atoms in total. The molecule has 0 aromatic carbocycles. The van der Waals surface area contributed by atoms with E-state index in [1.54, 1.807) is 0 Å². The molecule has 0 amide bonds. The first kappa shape index (κ1) is 17.9. The predicted molar refractivity (Wildman–Crippen MR) is 103 cm³/mol. The molecule has 2 fully saturated rings. The standard InChI is InChI=1S/C21H32N4O/c1-13(2)18-12-26-20(11-22-18)19-9-15(4)23-21-10-17(24-25(19)21)16-7-5-14(3)6-8-16/h9-10,13-14,16,18,20,22H,5-8,11-12H2,1-4H3/t14?,16?,18-,20-/m1/s1. The second kappa shape index (κ2) is 7.28. The number of nitrogens with zero attached hydrogens (tertiary/aromatic N) is 3. The van der Waals surface area contributed by atoms with E-state index in [2.05, 4.69) is 45.1 Å². The maximum absolute atomic E-state index is 6.22. The van der Waals surface area contributed by atoms with Gasteiger partial charge in [-0.15, -0.1) is 0 Å². The van der Waals surface area contributed by atoms with E-state index >= 15 is 0 Å². The number of aryl methyl sites for hydroxylation is 1. The first-order valence-electron chi connectivity index (χ1n) is 10.2. The molecule has 0 radical (unpaired) electrons. The van der Waals surface area contributed by atoms with Crippen LogP contribution in [0.25, 0.3) is 5.65 Å². The summed E-state index contributed by atoms with van der Waals surface area (Å²) in [7, 11) is 0. The minimum atomic E-state index is 0.0355. The van der Waals surface area contributed by atoms with Crippen molar-refractivity contribution >= 4 is 5.65 Å². The molecule has 1 aliphatic heterocycles. The summed E-state index contributed by atoms with van der Waals surface area (Å²) in [5.74, 6) is 2.02. The highest BCUT2D eigenvalue weighted by Gasteiger charge is 2.28. The van der Waals surface area contributed by atoms with Crippen LogP contribution in [-0.2, 0) is 4.74 Å². The first-order valence-corrected chi connectivity index (χ1v) is 10.2. The molecule has 142 valence electrons. The third kappa shape index (κ3) is 3.52. The molecule has 2 aromatic rings. The van der Waals surface area contributed by atoms with E-state index in [-0.39, 0.29) is 6.10 Å². The molecule has 26 heavy (non-hydrogen) atoms. The fourth-order valence-corrected chi connectivity index (χ4v) is 4.35. The number of hydrogen-bond donors (Lipinski definition) is 1. The molecule has 1 saturated carbocycles. The molecule has 1 aliphatic carbocycles. The highest BCUT2D eigenvalue weighted by Crippen LogP contribution is 2.35. The van der Waals surface area contributed by atoms with E-state index in [4.69, 9.17) is 14.8 Å². The summed E-state index contributed by atoms with van der Waals surface area (Å²) in [5.41, 5.74) is 4.33. The Morgan fingerprint density at radius 2 is 1.96 bits per heavy atom. The van der Waals surface area contributed by atoms with Crippen LogP contribution in [0.1, 0.15) is 75.6 Å². The third-order valence-corrected chi connectivity index (χ3v) is 6.21. The van der Waals surface area contributed by atoms with Crippen LogP contribution in [0, 0.1) is 18.8 Å². The normalized spacial score (nSPS) is 30.2. The molecule has 5 heteroatoms. The summed E-state index contributed by atoms with van der Waals surface area (Å²) in [6.45, 7) is 10.5. The number of morpholine rings is 1. The second-order valence-electron chi connectivity index (χ2n) is 8.70. The maximum atomic E-state index is 6.22. The van der Waals surface area contributed by atoms with Gasteiger partial charge in [-0.25, -0.2) is 9.50 Å². The van der Waals surface area contributed by atoms with Gasteiger partial charge < -0.3 is 10.1 Å². The van der Waals surface area contributed by atoms with Crippen LogP contribution in [0.5, 0.6) is 0 Å². The molecule has 2 aliphatic rings. The third-order valence-electron chi connectivity index (χ3n) is 6.21. The van der Waals surface area contributed by atoms with Gasteiger partial charge in [0.15, 0.2) is 5.65 Å². The van der Waals surface area contributed by atoms with E-state index in [1.807, 2.05) is 4.52 Å². The summed E-state index contributed by atoms with van der Waals surface area (Å²) < 4.78 is 8.25. The van der Waals surface area contributed by atoms with Gasteiger partial charge in [0.05, 0.1) is 18.0 Å². The zero-order chi connectivity index (χ0) is 18.3. The Labute approximate surface area is 156 Å². The monoisotopic (exact) mass is 356 g/mol. The van der Waals surface area contributed by atoms with Gasteiger partial charge in [0.1, 0.15) is 6.10 Å². The Morgan fingerprint density at radius 3 is 2.62 bits per heavy atom. The fourth-order valence-electron chi connectivity index (χ4n) is 4.35. The number of ether oxygens (including phenoxy) is 1. The van der Waals surface area contributed by atoms with Crippen LogP contribution in [0.4, 0.5) is 0 Å². The van der Waals surface area contributed by atoms with Gasteiger partial charge in [-0.3, -0.25) is 0 Å². The van der Waals surface area contributed by atoms with Gasteiger partial charge in [0.2, 0.25) is 0 Å². The maximum Gasteiger partial charge on any atom is 0.155 e. The average Bonchev–Trinajstić information content (AvgIpc) is 3.05. The molecule has 2 atom stereocenters. The van der Waals surface area contributed by atoms with E-state index in [0.717, 1.165) is 36.1 Å². The van der Waals surface area contributed by atoms with E-state index < -0.39 is 0 Å². The Balaban J connectivity index is 1.61. The topological polar surface area (TPSA) is 51.5 Å². The van der Waals surface area contributed by atoms with Crippen molar-refractivity contribution < 1.29 is 4.74 Å². The van der Waals surface area contributed by atoms with Gasteiger partial charge in [-0.2, -0.15) is 5.10 Å². The Kier molecular flexibility index (Phi) is 5.02. The Hall–Kier alpha value is -1.46. The summed E-state index contributed by atoms with van der Waals surface area (Å²) in [5, 5.41) is 8.62. The summed E-state index contributed by atoms with van der Waals surface area (Å²) in [6.07, 6.45) is 5.15. The molecule has 0 spiro atoms. The molecule has 0 unspecified atom stereocenters. The smallest absolute Gasteiger partial charge is 0.155 e. The van der Waals surface area contributed by atoms with E-state index in [0.29, 0.717) is 17.9 Å². The van der Waals surface area contributed by atoms with E-state index in [9.17, 15) is 0 Å². The SMILES string of the molecule is Cc1cc([C@H]2CN[C@@H](C(C)C)CO2)n2nc(C3CCC(C)CC3)cc2n1. The number of hydrogen-bond acceptors (Lipinski definition) is 4. The minimum Gasteiger partial charge on any atom is -0.369 e. The largest absolute Gasteiger partial charge is 0.369 e. The van der Waals surface area contributed by atoms with Gasteiger partial charge in [0.25, 0.3) is 0 Å². The quantitative estimate of drug-likeness (QED) is 0.902. The number of aromatic nitrogens is 3. The van der Waals surface area contributed by atoms with Crippen LogP contribution < -0.4 is 5.32 Å². The predicted octanol–water partition coefficient (Wildman–Crippen LogP) is 4.02. The van der Waals surface area contributed by atoms with Gasteiger partial charge >= 0.3 is 0 Å². The summed E-state index contributed by atoms with van der Waals surface area (Å²) in [4.78, 5) is 4.73. The van der Waals surface area contributed by atoms with Gasteiger partial charge in [-0.05, 0) is 37.7 Å². The van der Waals surface area contributed by atoms with E-state index in [1.165, 1.54) is 31.4 Å².